The van der Waals surface area contributed by atoms with E-state index in [9.17, 15) is 0 Å². The molecular formula is C40H28. The average molecular weight is 509 g/mol. The molecule has 0 unspecified atom stereocenters. The Kier molecular flexibility index (Phi) is 5.06. The smallest absolute Gasteiger partial charge is 0.00201 e. The largest absolute Gasteiger partial charge is 0.0622 e. The van der Waals surface area contributed by atoms with Crippen molar-refractivity contribution in [2.24, 2.45) is 0 Å². The zero-order valence-electron chi connectivity index (χ0n) is 22.7. The van der Waals surface area contributed by atoms with E-state index in [1.165, 1.54) is 87.2 Å². The minimum atomic E-state index is 1.25. The van der Waals surface area contributed by atoms with E-state index in [0.717, 1.165) is 0 Å². The Balaban J connectivity index is 1.51. The third-order valence-electron chi connectivity index (χ3n) is 8.71. The van der Waals surface area contributed by atoms with Crippen molar-refractivity contribution in [1.29, 1.82) is 0 Å². The van der Waals surface area contributed by atoms with E-state index in [-0.39, 0.29) is 0 Å². The Morgan fingerprint density at radius 1 is 0.325 bits per heavy atom. The van der Waals surface area contributed by atoms with Crippen molar-refractivity contribution in [2.75, 3.05) is 0 Å². The number of hydrogen-bond donors (Lipinski definition) is 0. The summed E-state index contributed by atoms with van der Waals surface area (Å²) in [5.74, 6) is 0. The second-order valence-corrected chi connectivity index (χ2v) is 11.0. The molecule has 40 heavy (non-hydrogen) atoms. The highest BCUT2D eigenvalue weighted by Crippen LogP contribution is 2.46. The summed E-state index contributed by atoms with van der Waals surface area (Å²) in [6.07, 6.45) is 0. The zero-order valence-corrected chi connectivity index (χ0v) is 22.7. The molecular weight excluding hydrogens is 480 g/mol. The lowest BCUT2D eigenvalue weighted by atomic mass is 9.84. The van der Waals surface area contributed by atoms with Gasteiger partial charge in [-0.1, -0.05) is 121 Å². The van der Waals surface area contributed by atoms with Crippen LogP contribution >= 0.6 is 0 Å². The van der Waals surface area contributed by atoms with E-state index in [1.54, 1.807) is 0 Å². The van der Waals surface area contributed by atoms with Crippen molar-refractivity contribution in [3.63, 3.8) is 0 Å². The molecule has 0 heteroatoms. The number of hydrogen-bond acceptors (Lipinski definition) is 0. The fourth-order valence-corrected chi connectivity index (χ4v) is 6.77. The summed E-state index contributed by atoms with van der Waals surface area (Å²) in [7, 11) is 0. The highest BCUT2D eigenvalue weighted by Gasteiger charge is 2.18. The first-order valence-corrected chi connectivity index (χ1v) is 14.0. The van der Waals surface area contributed by atoms with Crippen molar-refractivity contribution in [2.45, 2.75) is 13.8 Å². The predicted octanol–water partition coefficient (Wildman–Crippen LogP) is 11.4. The van der Waals surface area contributed by atoms with Gasteiger partial charge in [0, 0.05) is 0 Å². The van der Waals surface area contributed by atoms with Crippen LogP contribution in [-0.2, 0) is 0 Å². The van der Waals surface area contributed by atoms with Crippen LogP contribution in [0.4, 0.5) is 0 Å². The first-order valence-electron chi connectivity index (χ1n) is 14.0. The van der Waals surface area contributed by atoms with Crippen molar-refractivity contribution in [1.82, 2.24) is 0 Å². The second-order valence-electron chi connectivity index (χ2n) is 11.0. The molecule has 0 heterocycles. The number of rotatable bonds is 2. The van der Waals surface area contributed by atoms with Gasteiger partial charge in [-0.05, 0) is 113 Å². The van der Waals surface area contributed by atoms with Crippen LogP contribution in [0.2, 0.25) is 0 Å². The molecule has 0 fully saturated rings. The van der Waals surface area contributed by atoms with Crippen LogP contribution in [0.1, 0.15) is 11.1 Å². The van der Waals surface area contributed by atoms with Gasteiger partial charge in [0.2, 0.25) is 0 Å². The Morgan fingerprint density at radius 3 is 1.52 bits per heavy atom. The molecule has 8 aromatic rings. The Bertz CT molecular complexity index is 2210. The lowest BCUT2D eigenvalue weighted by molar-refractivity contribution is 1.47. The van der Waals surface area contributed by atoms with E-state index >= 15 is 0 Å². The van der Waals surface area contributed by atoms with Gasteiger partial charge in [0.25, 0.3) is 0 Å². The summed E-state index contributed by atoms with van der Waals surface area (Å²) >= 11 is 0. The van der Waals surface area contributed by atoms with Crippen LogP contribution in [0.5, 0.6) is 0 Å². The summed E-state index contributed by atoms with van der Waals surface area (Å²) in [5, 5.41) is 13.0. The fraction of sp³-hybridized carbons (Fsp3) is 0.0500. The average Bonchev–Trinajstić information content (AvgIpc) is 3.01. The Morgan fingerprint density at radius 2 is 0.875 bits per heavy atom. The van der Waals surface area contributed by atoms with Crippen LogP contribution in [0, 0.1) is 13.8 Å². The zero-order chi connectivity index (χ0) is 26.8. The van der Waals surface area contributed by atoms with Gasteiger partial charge in [-0.2, -0.15) is 0 Å². The SMILES string of the molecule is Cc1ccc(C)c2cc3c(ccc4c(-c5c6ccccc6c(-c6ccccc6)c6ccccc56)cccc43)cc12. The van der Waals surface area contributed by atoms with Gasteiger partial charge in [0.05, 0.1) is 0 Å². The number of aryl methyl sites for hydroxylation is 2. The van der Waals surface area contributed by atoms with Gasteiger partial charge < -0.3 is 0 Å². The topological polar surface area (TPSA) is 0 Å². The highest BCUT2D eigenvalue weighted by atomic mass is 14.2. The van der Waals surface area contributed by atoms with E-state index in [0.29, 0.717) is 0 Å². The summed E-state index contributed by atoms with van der Waals surface area (Å²) in [6, 6.07) is 49.4. The molecule has 0 N–H and O–H groups in total. The van der Waals surface area contributed by atoms with E-state index in [4.69, 9.17) is 0 Å². The Hall–Kier alpha value is -4.94. The van der Waals surface area contributed by atoms with Crippen molar-refractivity contribution >= 4 is 53.9 Å². The summed E-state index contributed by atoms with van der Waals surface area (Å²) in [5.41, 5.74) is 7.80. The maximum Gasteiger partial charge on any atom is -0.00201 e. The van der Waals surface area contributed by atoms with Gasteiger partial charge in [0.15, 0.2) is 0 Å². The lowest BCUT2D eigenvalue weighted by Crippen LogP contribution is -1.92. The summed E-state index contributed by atoms with van der Waals surface area (Å²) < 4.78 is 0. The first kappa shape index (κ1) is 23.0. The van der Waals surface area contributed by atoms with E-state index < -0.39 is 0 Å². The molecule has 0 saturated heterocycles. The van der Waals surface area contributed by atoms with Crippen molar-refractivity contribution in [3.8, 4) is 22.3 Å². The Labute approximate surface area is 234 Å². The molecule has 0 spiro atoms. The molecule has 0 saturated carbocycles. The minimum absolute atomic E-state index is 1.25. The quantitative estimate of drug-likeness (QED) is 0.161. The molecule has 0 nitrogen and oxygen atoms in total. The van der Waals surface area contributed by atoms with Crippen LogP contribution in [-0.4, -0.2) is 0 Å². The summed E-state index contributed by atoms with van der Waals surface area (Å²) in [6.45, 7) is 4.43. The first-order chi connectivity index (χ1) is 19.7. The lowest BCUT2D eigenvalue weighted by Gasteiger charge is -2.19. The highest BCUT2D eigenvalue weighted by molar-refractivity contribution is 6.25. The third-order valence-corrected chi connectivity index (χ3v) is 8.71. The molecule has 0 aliphatic carbocycles. The minimum Gasteiger partial charge on any atom is -0.0622 e. The molecule has 8 aromatic carbocycles. The van der Waals surface area contributed by atoms with Gasteiger partial charge in [-0.25, -0.2) is 0 Å². The molecule has 188 valence electrons. The van der Waals surface area contributed by atoms with Crippen molar-refractivity contribution in [3.05, 3.63) is 145 Å². The van der Waals surface area contributed by atoms with Crippen LogP contribution < -0.4 is 0 Å². The molecule has 0 aliphatic heterocycles. The molecule has 0 aromatic heterocycles. The van der Waals surface area contributed by atoms with Crippen LogP contribution in [0.15, 0.2) is 133 Å². The molecule has 8 rings (SSSR count). The van der Waals surface area contributed by atoms with Gasteiger partial charge >= 0.3 is 0 Å². The maximum atomic E-state index is 2.41. The monoisotopic (exact) mass is 508 g/mol. The standard InChI is InChI=1S/C40H28/c1-25-19-20-26(2)37-24-38-28(23-36(25)37)21-22-30-29(38)17-10-18-31(30)40-34-15-8-6-13-32(34)39(27-11-4-3-5-12-27)33-14-7-9-16-35(33)40/h3-24H,1-2H3. The maximum absolute atomic E-state index is 2.41. The number of benzene rings is 8. The molecule has 0 bridgehead atoms. The predicted molar refractivity (Wildman–Crippen MR) is 174 cm³/mol. The summed E-state index contributed by atoms with van der Waals surface area (Å²) in [4.78, 5) is 0. The van der Waals surface area contributed by atoms with Gasteiger partial charge in [-0.15, -0.1) is 0 Å². The third kappa shape index (κ3) is 3.33. The second kappa shape index (κ2) is 8.79. The van der Waals surface area contributed by atoms with Crippen molar-refractivity contribution < 1.29 is 0 Å². The number of fused-ring (bicyclic) bond motifs is 6. The van der Waals surface area contributed by atoms with Gasteiger partial charge in [-0.3, -0.25) is 0 Å². The van der Waals surface area contributed by atoms with Gasteiger partial charge in [0.1, 0.15) is 0 Å². The van der Waals surface area contributed by atoms with Crippen LogP contribution in [0.3, 0.4) is 0 Å². The molecule has 0 aliphatic rings. The normalized spacial score (nSPS) is 11.8. The van der Waals surface area contributed by atoms with E-state index in [2.05, 4.69) is 147 Å². The molecule has 0 atom stereocenters. The molecule has 0 radical (unpaired) electrons. The molecule has 0 amide bonds. The van der Waals surface area contributed by atoms with Crippen LogP contribution in [0.25, 0.3) is 76.1 Å². The van der Waals surface area contributed by atoms with E-state index in [1.807, 2.05) is 0 Å². The fourth-order valence-electron chi connectivity index (χ4n) is 6.77.